The van der Waals surface area contributed by atoms with Crippen LogP contribution in [0.2, 0.25) is 0 Å². The summed E-state index contributed by atoms with van der Waals surface area (Å²) in [7, 11) is 0.853. The zero-order chi connectivity index (χ0) is 12.4. The van der Waals surface area contributed by atoms with E-state index in [1.807, 2.05) is 0 Å². The SMILES string of the molecule is CCCCCc1cccc2[pH]c3ccccc3c12. The number of benzene rings is 2. The molecule has 1 aromatic heterocycles. The first-order chi connectivity index (χ1) is 8.90. The second-order valence-corrected chi connectivity index (χ2v) is 6.29. The van der Waals surface area contributed by atoms with Crippen molar-refractivity contribution in [2.24, 2.45) is 0 Å². The number of fused-ring (bicyclic) bond motifs is 3. The molecule has 0 aliphatic heterocycles. The van der Waals surface area contributed by atoms with Crippen molar-refractivity contribution < 1.29 is 0 Å². The maximum absolute atomic E-state index is 2.32. The molecule has 92 valence electrons. The van der Waals surface area contributed by atoms with E-state index in [2.05, 4.69) is 49.4 Å². The minimum absolute atomic E-state index is 0.853. The maximum Gasteiger partial charge on any atom is -0.000327 e. The molecular weight excluding hydrogens is 235 g/mol. The third-order valence-corrected chi connectivity index (χ3v) is 5.06. The number of hydrogen-bond donors (Lipinski definition) is 0. The van der Waals surface area contributed by atoms with Gasteiger partial charge in [-0.1, -0.05) is 62.2 Å². The number of unbranched alkanes of at least 4 members (excludes halogenated alkanes) is 2. The van der Waals surface area contributed by atoms with Gasteiger partial charge in [-0.2, -0.15) is 0 Å². The highest BCUT2D eigenvalue weighted by atomic mass is 31.0. The molecule has 0 radical (unpaired) electrons. The van der Waals surface area contributed by atoms with Crippen molar-refractivity contribution in [1.29, 1.82) is 0 Å². The first kappa shape index (κ1) is 11.8. The van der Waals surface area contributed by atoms with Gasteiger partial charge in [-0.15, -0.1) is 8.19 Å². The number of rotatable bonds is 4. The lowest BCUT2D eigenvalue weighted by molar-refractivity contribution is 0.720. The highest BCUT2D eigenvalue weighted by Crippen LogP contribution is 2.39. The normalized spacial score (nSPS) is 11.8. The van der Waals surface area contributed by atoms with E-state index in [9.17, 15) is 0 Å². The van der Waals surface area contributed by atoms with Gasteiger partial charge in [0.05, 0.1) is 0 Å². The third kappa shape index (κ3) is 2.06. The molecule has 0 spiro atoms. The van der Waals surface area contributed by atoms with E-state index < -0.39 is 0 Å². The molecular formula is C17H19P. The van der Waals surface area contributed by atoms with Gasteiger partial charge in [-0.3, -0.25) is 0 Å². The average molecular weight is 254 g/mol. The Morgan fingerprint density at radius 1 is 0.889 bits per heavy atom. The van der Waals surface area contributed by atoms with E-state index >= 15 is 0 Å². The Kier molecular flexibility index (Phi) is 3.39. The van der Waals surface area contributed by atoms with Gasteiger partial charge in [0.15, 0.2) is 0 Å². The second kappa shape index (κ2) is 5.16. The first-order valence-corrected chi connectivity index (χ1v) is 7.88. The molecule has 3 aromatic rings. The molecule has 1 heterocycles. The minimum atomic E-state index is 0.853. The molecule has 1 unspecified atom stereocenters. The Morgan fingerprint density at radius 2 is 1.72 bits per heavy atom. The summed E-state index contributed by atoms with van der Waals surface area (Å²) in [6.07, 6.45) is 5.19. The molecule has 0 nitrogen and oxygen atoms in total. The Bertz CT molecular complexity index is 663. The van der Waals surface area contributed by atoms with Gasteiger partial charge in [0.2, 0.25) is 0 Å². The van der Waals surface area contributed by atoms with Crippen molar-refractivity contribution in [3.8, 4) is 0 Å². The van der Waals surface area contributed by atoms with Crippen LogP contribution in [0.15, 0.2) is 42.5 Å². The van der Waals surface area contributed by atoms with Crippen LogP contribution in [0.4, 0.5) is 0 Å². The van der Waals surface area contributed by atoms with Crippen molar-refractivity contribution in [3.05, 3.63) is 48.0 Å². The van der Waals surface area contributed by atoms with Crippen LogP contribution in [0.25, 0.3) is 21.0 Å². The smallest absolute Gasteiger partial charge is 0.000327 e. The van der Waals surface area contributed by atoms with Crippen molar-refractivity contribution >= 4 is 29.2 Å². The van der Waals surface area contributed by atoms with E-state index in [0.717, 1.165) is 8.19 Å². The molecule has 0 amide bonds. The predicted octanol–water partition coefficient (Wildman–Crippen LogP) is 5.76. The summed E-state index contributed by atoms with van der Waals surface area (Å²) in [6.45, 7) is 2.27. The van der Waals surface area contributed by atoms with Gasteiger partial charge in [-0.25, -0.2) is 0 Å². The lowest BCUT2D eigenvalue weighted by Crippen LogP contribution is -1.86. The summed E-state index contributed by atoms with van der Waals surface area (Å²) >= 11 is 0. The monoisotopic (exact) mass is 254 g/mol. The fraction of sp³-hybridized carbons (Fsp3) is 0.294. The summed E-state index contributed by atoms with van der Waals surface area (Å²) in [6, 6.07) is 15.8. The molecule has 0 N–H and O–H groups in total. The van der Waals surface area contributed by atoms with Gasteiger partial charge < -0.3 is 0 Å². The lowest BCUT2D eigenvalue weighted by atomic mass is 10.0. The van der Waals surface area contributed by atoms with E-state index in [1.165, 1.54) is 36.2 Å². The van der Waals surface area contributed by atoms with Crippen LogP contribution in [-0.4, -0.2) is 0 Å². The van der Waals surface area contributed by atoms with E-state index in [0.29, 0.717) is 0 Å². The van der Waals surface area contributed by atoms with Crippen LogP contribution in [0.3, 0.4) is 0 Å². The Morgan fingerprint density at radius 3 is 2.61 bits per heavy atom. The molecule has 1 heteroatoms. The van der Waals surface area contributed by atoms with Crippen LogP contribution in [-0.2, 0) is 6.42 Å². The predicted molar refractivity (Wildman–Crippen MR) is 84.2 cm³/mol. The Balaban J connectivity index is 2.13. The second-order valence-electron chi connectivity index (χ2n) is 4.97. The van der Waals surface area contributed by atoms with Crippen LogP contribution < -0.4 is 0 Å². The summed E-state index contributed by atoms with van der Waals surface area (Å²) in [5, 5.41) is 6.10. The molecule has 0 aliphatic carbocycles. The highest BCUT2D eigenvalue weighted by Gasteiger charge is 2.07. The van der Waals surface area contributed by atoms with Gasteiger partial charge in [0, 0.05) is 0 Å². The maximum atomic E-state index is 2.32. The Labute approximate surface area is 110 Å². The summed E-state index contributed by atoms with van der Waals surface area (Å²) in [5.41, 5.74) is 1.55. The molecule has 2 aromatic carbocycles. The molecule has 0 bridgehead atoms. The van der Waals surface area contributed by atoms with Crippen molar-refractivity contribution in [1.82, 2.24) is 0 Å². The van der Waals surface area contributed by atoms with Gasteiger partial charge in [-0.05, 0) is 39.4 Å². The standard InChI is InChI=1S/C17H19P/c1-2-3-4-8-13-9-7-12-16-17(13)14-10-5-6-11-15(14)18-16/h5-7,9-12,18H,2-4,8H2,1H3. The summed E-state index contributed by atoms with van der Waals surface area (Å²) in [4.78, 5) is 0. The van der Waals surface area contributed by atoms with Crippen LogP contribution >= 0.6 is 8.19 Å². The third-order valence-electron chi connectivity index (χ3n) is 3.67. The lowest BCUT2D eigenvalue weighted by Gasteiger charge is -2.04. The number of hydrogen-bond acceptors (Lipinski definition) is 0. The average Bonchev–Trinajstić information content (AvgIpc) is 2.78. The quantitative estimate of drug-likeness (QED) is 0.519. The summed E-state index contributed by atoms with van der Waals surface area (Å²) < 4.78 is 0. The van der Waals surface area contributed by atoms with E-state index in [-0.39, 0.29) is 0 Å². The fourth-order valence-corrected chi connectivity index (χ4v) is 4.16. The zero-order valence-corrected chi connectivity index (χ0v) is 11.9. The summed E-state index contributed by atoms with van der Waals surface area (Å²) in [5.74, 6) is 0. The van der Waals surface area contributed by atoms with Crippen molar-refractivity contribution in [2.75, 3.05) is 0 Å². The largest absolute Gasteiger partial charge is 0.123 e. The van der Waals surface area contributed by atoms with Crippen LogP contribution in [0, 0.1) is 0 Å². The number of aryl methyl sites for hydroxylation is 1. The molecule has 1 atom stereocenters. The molecule has 0 fully saturated rings. The molecule has 0 aliphatic rings. The molecule has 3 rings (SSSR count). The Hall–Kier alpha value is -1.26. The fourth-order valence-electron chi connectivity index (χ4n) is 2.75. The van der Waals surface area contributed by atoms with Crippen LogP contribution in [0.5, 0.6) is 0 Å². The van der Waals surface area contributed by atoms with E-state index in [4.69, 9.17) is 0 Å². The molecule has 0 saturated heterocycles. The zero-order valence-electron chi connectivity index (χ0n) is 10.9. The van der Waals surface area contributed by atoms with Gasteiger partial charge in [0.25, 0.3) is 0 Å². The molecule has 0 saturated carbocycles. The van der Waals surface area contributed by atoms with Crippen LogP contribution in [0.1, 0.15) is 31.7 Å². The minimum Gasteiger partial charge on any atom is -0.123 e. The van der Waals surface area contributed by atoms with Gasteiger partial charge in [0.1, 0.15) is 0 Å². The van der Waals surface area contributed by atoms with Gasteiger partial charge >= 0.3 is 0 Å². The molecule has 18 heavy (non-hydrogen) atoms. The highest BCUT2D eigenvalue weighted by molar-refractivity contribution is 7.43. The van der Waals surface area contributed by atoms with Crippen molar-refractivity contribution in [2.45, 2.75) is 32.6 Å². The topological polar surface area (TPSA) is 0 Å². The van der Waals surface area contributed by atoms with Crippen molar-refractivity contribution in [3.63, 3.8) is 0 Å². The first-order valence-electron chi connectivity index (χ1n) is 6.88. The van der Waals surface area contributed by atoms with E-state index in [1.54, 1.807) is 16.1 Å².